The molecule has 1 amide bonds. The maximum atomic E-state index is 13.0. The predicted molar refractivity (Wildman–Crippen MR) is 130 cm³/mol. The largest absolute Gasteiger partial charge is 0.392 e. The van der Waals surface area contributed by atoms with Crippen LogP contribution in [0.4, 0.5) is 10.8 Å². The highest BCUT2D eigenvalue weighted by atomic mass is 32.1. The zero-order valence-electron chi connectivity index (χ0n) is 18.1. The molecule has 0 spiro atoms. The number of pyridine rings is 1. The topological polar surface area (TPSA) is 83.3 Å². The molecule has 5 rings (SSSR count). The Morgan fingerprint density at radius 2 is 1.94 bits per heavy atom. The zero-order chi connectivity index (χ0) is 22.6. The number of aromatic nitrogens is 3. The molecule has 1 aromatic carbocycles. The summed E-state index contributed by atoms with van der Waals surface area (Å²) < 4.78 is 1.92. The Morgan fingerprint density at radius 1 is 1.12 bits per heavy atom. The highest BCUT2D eigenvalue weighted by molar-refractivity contribution is 7.14. The molecule has 1 atom stereocenters. The van der Waals surface area contributed by atoms with E-state index in [0.717, 1.165) is 41.9 Å². The number of carbonyl (C=O) groups excluding carboxylic acids is 1. The van der Waals surface area contributed by atoms with E-state index in [4.69, 9.17) is 4.98 Å². The minimum atomic E-state index is -0.169. The van der Waals surface area contributed by atoms with Crippen LogP contribution in [0.5, 0.6) is 0 Å². The monoisotopic (exact) mass is 459 g/mol. The fourth-order valence-corrected chi connectivity index (χ4v) is 5.03. The number of anilines is 2. The Bertz CT molecular complexity index is 1220. The minimum absolute atomic E-state index is 0.0464. The van der Waals surface area contributed by atoms with Crippen molar-refractivity contribution in [2.24, 2.45) is 0 Å². The molecule has 4 heterocycles. The highest BCUT2D eigenvalue weighted by Crippen LogP contribution is 2.37. The summed E-state index contributed by atoms with van der Waals surface area (Å²) in [5, 5.41) is 14.9. The van der Waals surface area contributed by atoms with Crippen molar-refractivity contribution in [2.45, 2.75) is 32.0 Å². The molecule has 1 aliphatic heterocycles. The van der Waals surface area contributed by atoms with Gasteiger partial charge in [-0.2, -0.15) is 0 Å². The van der Waals surface area contributed by atoms with Gasteiger partial charge in [-0.05, 0) is 60.4 Å². The molecule has 8 heteroatoms. The van der Waals surface area contributed by atoms with Gasteiger partial charge in [0.15, 0.2) is 5.13 Å². The molecule has 1 fully saturated rings. The lowest BCUT2D eigenvalue weighted by Gasteiger charge is -2.25. The van der Waals surface area contributed by atoms with Crippen LogP contribution in [-0.2, 0) is 13.2 Å². The van der Waals surface area contributed by atoms with Crippen LogP contribution in [0.15, 0.2) is 72.5 Å². The summed E-state index contributed by atoms with van der Waals surface area (Å²) in [6, 6.07) is 15.8. The lowest BCUT2D eigenvalue weighted by atomic mass is 10.1. The van der Waals surface area contributed by atoms with Crippen LogP contribution in [0.25, 0.3) is 0 Å². The number of hydrogen-bond acceptors (Lipinski definition) is 6. The first-order valence-electron chi connectivity index (χ1n) is 11.0. The third-order valence-corrected chi connectivity index (χ3v) is 6.73. The maximum Gasteiger partial charge on any atom is 0.274 e. The van der Waals surface area contributed by atoms with E-state index in [2.05, 4.69) is 27.3 Å². The van der Waals surface area contributed by atoms with Crippen LogP contribution in [0, 0.1) is 0 Å². The average Bonchev–Trinajstić information content (AvgIpc) is 3.60. The number of hydrogen-bond donors (Lipinski definition) is 2. The number of aliphatic hydroxyl groups is 1. The fraction of sp³-hybridized carbons (Fsp3) is 0.240. The van der Waals surface area contributed by atoms with Gasteiger partial charge in [0.1, 0.15) is 5.69 Å². The summed E-state index contributed by atoms with van der Waals surface area (Å²) in [5.74, 6) is -0.169. The Morgan fingerprint density at radius 3 is 2.73 bits per heavy atom. The number of carbonyl (C=O) groups is 1. The van der Waals surface area contributed by atoms with Crippen LogP contribution >= 0.6 is 11.3 Å². The summed E-state index contributed by atoms with van der Waals surface area (Å²) in [6.45, 7) is 1.61. The molecule has 7 nitrogen and oxygen atoms in total. The zero-order valence-corrected chi connectivity index (χ0v) is 18.9. The van der Waals surface area contributed by atoms with E-state index in [1.54, 1.807) is 12.4 Å². The van der Waals surface area contributed by atoms with Gasteiger partial charge in [0.25, 0.3) is 5.91 Å². The van der Waals surface area contributed by atoms with Crippen molar-refractivity contribution in [3.63, 3.8) is 0 Å². The van der Waals surface area contributed by atoms with Crippen LogP contribution in [0.1, 0.15) is 46.2 Å². The third-order valence-electron chi connectivity index (χ3n) is 5.95. The Labute approximate surface area is 196 Å². The van der Waals surface area contributed by atoms with Crippen molar-refractivity contribution < 1.29 is 9.90 Å². The average molecular weight is 460 g/mol. The van der Waals surface area contributed by atoms with Gasteiger partial charge < -0.3 is 14.6 Å². The van der Waals surface area contributed by atoms with E-state index in [0.29, 0.717) is 17.4 Å². The SMILES string of the molecule is O=C(Nc1nc(C2CCCN2c2ccc(CO)cc2)cs1)c1cccn1Cc1ccncc1. The van der Waals surface area contributed by atoms with Gasteiger partial charge in [-0.25, -0.2) is 4.98 Å². The van der Waals surface area contributed by atoms with E-state index in [1.165, 1.54) is 11.3 Å². The predicted octanol–water partition coefficient (Wildman–Crippen LogP) is 4.47. The van der Waals surface area contributed by atoms with E-state index in [-0.39, 0.29) is 18.6 Å². The second-order valence-corrected chi connectivity index (χ2v) is 8.94. The smallest absolute Gasteiger partial charge is 0.274 e. The molecule has 1 unspecified atom stereocenters. The molecule has 2 N–H and O–H groups in total. The number of aliphatic hydroxyl groups excluding tert-OH is 1. The summed E-state index contributed by atoms with van der Waals surface area (Å²) in [5.41, 5.74) is 4.69. The molecule has 0 aliphatic carbocycles. The number of benzene rings is 1. The highest BCUT2D eigenvalue weighted by Gasteiger charge is 2.28. The quantitative estimate of drug-likeness (QED) is 0.426. The summed E-state index contributed by atoms with van der Waals surface area (Å²) in [4.78, 5) is 24.1. The van der Waals surface area contributed by atoms with Crippen molar-refractivity contribution >= 4 is 28.1 Å². The normalized spacial score (nSPS) is 15.7. The molecule has 1 saturated heterocycles. The first-order valence-corrected chi connectivity index (χ1v) is 11.9. The van der Waals surface area contributed by atoms with E-state index in [9.17, 15) is 9.90 Å². The molecule has 1 aliphatic rings. The molecule has 0 saturated carbocycles. The number of thiazole rings is 1. The van der Waals surface area contributed by atoms with E-state index in [1.807, 2.05) is 52.5 Å². The number of nitrogens with zero attached hydrogens (tertiary/aromatic N) is 4. The van der Waals surface area contributed by atoms with Gasteiger partial charge in [-0.1, -0.05) is 12.1 Å². The lowest BCUT2D eigenvalue weighted by Crippen LogP contribution is -2.23. The van der Waals surface area contributed by atoms with Crippen molar-refractivity contribution in [3.05, 3.63) is 95.0 Å². The fourth-order valence-electron chi connectivity index (χ4n) is 4.28. The van der Waals surface area contributed by atoms with Crippen molar-refractivity contribution in [1.29, 1.82) is 0 Å². The second kappa shape index (κ2) is 9.56. The summed E-state index contributed by atoms with van der Waals surface area (Å²) in [6.07, 6.45) is 7.52. The van der Waals surface area contributed by atoms with Crippen molar-refractivity contribution in [1.82, 2.24) is 14.5 Å². The standard InChI is InChI=1S/C25H25N5O2S/c31-16-19-5-7-20(8-6-19)30-14-2-3-22(30)21-17-33-25(27-21)28-24(32)23-4-1-13-29(23)15-18-9-11-26-12-10-18/h1,4-13,17,22,31H,2-3,14-16H2,(H,27,28,32). The number of amides is 1. The molecule has 0 radical (unpaired) electrons. The molecule has 4 aromatic rings. The van der Waals surface area contributed by atoms with Gasteiger partial charge in [-0.3, -0.25) is 15.1 Å². The van der Waals surface area contributed by atoms with Gasteiger partial charge in [0.05, 0.1) is 18.3 Å². The van der Waals surface area contributed by atoms with Gasteiger partial charge in [-0.15, -0.1) is 11.3 Å². The second-order valence-electron chi connectivity index (χ2n) is 8.08. The Kier molecular flexibility index (Phi) is 6.19. The van der Waals surface area contributed by atoms with Crippen LogP contribution in [0.2, 0.25) is 0 Å². The van der Waals surface area contributed by atoms with Crippen LogP contribution in [-0.4, -0.2) is 32.1 Å². The number of nitrogens with one attached hydrogen (secondary N) is 1. The van der Waals surface area contributed by atoms with Gasteiger partial charge >= 0.3 is 0 Å². The third kappa shape index (κ3) is 4.67. The number of rotatable bonds is 7. The van der Waals surface area contributed by atoms with Gasteiger partial charge in [0, 0.05) is 42.7 Å². The van der Waals surface area contributed by atoms with Gasteiger partial charge in [0.2, 0.25) is 0 Å². The first-order chi connectivity index (χ1) is 16.2. The van der Waals surface area contributed by atoms with Crippen LogP contribution in [0.3, 0.4) is 0 Å². The Hall–Kier alpha value is -3.49. The molecular weight excluding hydrogens is 434 g/mol. The van der Waals surface area contributed by atoms with Crippen molar-refractivity contribution in [3.8, 4) is 0 Å². The molecule has 3 aromatic heterocycles. The molecular formula is C25H25N5O2S. The summed E-state index contributed by atoms with van der Waals surface area (Å²) in [7, 11) is 0. The molecule has 33 heavy (non-hydrogen) atoms. The van der Waals surface area contributed by atoms with Crippen LogP contribution < -0.4 is 10.2 Å². The minimum Gasteiger partial charge on any atom is -0.392 e. The van der Waals surface area contributed by atoms with Crippen molar-refractivity contribution in [2.75, 3.05) is 16.8 Å². The summed E-state index contributed by atoms with van der Waals surface area (Å²) >= 11 is 1.45. The molecule has 168 valence electrons. The lowest BCUT2D eigenvalue weighted by molar-refractivity contribution is 0.101. The Balaban J connectivity index is 1.28. The van der Waals surface area contributed by atoms with E-state index < -0.39 is 0 Å². The maximum absolute atomic E-state index is 13.0. The van der Waals surface area contributed by atoms with E-state index >= 15 is 0 Å². The molecule has 0 bridgehead atoms. The first kappa shape index (κ1) is 21.4.